The van der Waals surface area contributed by atoms with Gasteiger partial charge in [0.15, 0.2) is 0 Å². The third-order valence-electron chi connectivity index (χ3n) is 5.62. The van der Waals surface area contributed by atoms with Crippen molar-refractivity contribution in [2.75, 3.05) is 7.11 Å². The van der Waals surface area contributed by atoms with Crippen LogP contribution in [-0.2, 0) is 4.74 Å². The Morgan fingerprint density at radius 1 is 0.829 bits per heavy atom. The maximum atomic E-state index is 12.7. The lowest BCUT2D eigenvalue weighted by atomic mass is 9.97. The van der Waals surface area contributed by atoms with E-state index in [4.69, 9.17) is 15.3 Å². The lowest BCUT2D eigenvalue weighted by Gasteiger charge is -2.06. The number of nitriles is 4. The molecule has 1 aromatic carbocycles. The quantitative estimate of drug-likeness (QED) is 0.431. The largest absolute Gasteiger partial charge is 0.465 e. The molecule has 0 heterocycles. The summed E-state index contributed by atoms with van der Waals surface area (Å²) >= 11 is 0. The molecule has 0 aromatic heterocycles. The van der Waals surface area contributed by atoms with Crippen molar-refractivity contribution in [2.45, 2.75) is 19.8 Å². The topological polar surface area (TPSA) is 121 Å². The van der Waals surface area contributed by atoms with Crippen molar-refractivity contribution in [1.29, 1.82) is 21.0 Å². The van der Waals surface area contributed by atoms with E-state index in [0.717, 1.165) is 11.1 Å². The molecule has 0 radical (unpaired) electrons. The van der Waals surface area contributed by atoms with E-state index in [9.17, 15) is 15.3 Å². The van der Waals surface area contributed by atoms with Crippen molar-refractivity contribution in [3.63, 3.8) is 0 Å². The molecule has 6 nitrogen and oxygen atoms in total. The van der Waals surface area contributed by atoms with E-state index in [-0.39, 0.29) is 17.1 Å². The van der Waals surface area contributed by atoms with Crippen molar-refractivity contribution in [2.24, 2.45) is 0 Å². The molecule has 6 heteroatoms. The first-order chi connectivity index (χ1) is 16.9. The highest BCUT2D eigenvalue weighted by molar-refractivity contribution is 6.03. The minimum atomic E-state index is -0.496. The van der Waals surface area contributed by atoms with Crippen LogP contribution >= 0.6 is 0 Å². The van der Waals surface area contributed by atoms with Gasteiger partial charge in [0.05, 0.1) is 12.7 Å². The predicted octanol–water partition coefficient (Wildman–Crippen LogP) is 4.07. The lowest BCUT2D eigenvalue weighted by molar-refractivity contribution is 0.0602. The molecule has 0 atom stereocenters. The van der Waals surface area contributed by atoms with Gasteiger partial charge in [-0.05, 0) is 51.1 Å². The second-order valence-electron chi connectivity index (χ2n) is 7.99. The van der Waals surface area contributed by atoms with Crippen LogP contribution in [0.3, 0.4) is 0 Å². The highest BCUT2D eigenvalue weighted by atomic mass is 16.5. The first-order valence-corrected chi connectivity index (χ1v) is 10.7. The van der Waals surface area contributed by atoms with E-state index >= 15 is 0 Å². The molecule has 0 aliphatic heterocycles. The van der Waals surface area contributed by atoms with Gasteiger partial charge in [0.2, 0.25) is 0 Å². The summed E-state index contributed by atoms with van der Waals surface area (Å²) in [5.41, 5.74) is 3.92. The SMILES string of the molecule is COC(=O)c1cc(C(C=C(C#N)C#N)=c2ccc(=C(C#N)C#N)cc2)c2cccc(C(C)C)cc1-2. The maximum absolute atomic E-state index is 12.7. The number of hydrogen-bond acceptors (Lipinski definition) is 6. The number of hydrogen-bond donors (Lipinski definition) is 0. The molecule has 0 unspecified atom stereocenters. The van der Waals surface area contributed by atoms with Gasteiger partial charge in [0, 0.05) is 5.22 Å². The highest BCUT2D eigenvalue weighted by Gasteiger charge is 2.23. The molecule has 2 aliphatic rings. The summed E-state index contributed by atoms with van der Waals surface area (Å²) in [6, 6.07) is 23.6. The first-order valence-electron chi connectivity index (χ1n) is 10.7. The van der Waals surface area contributed by atoms with Crippen LogP contribution in [0.4, 0.5) is 0 Å². The van der Waals surface area contributed by atoms with Gasteiger partial charge in [-0.15, -0.1) is 0 Å². The fourth-order valence-electron chi connectivity index (χ4n) is 3.78. The van der Waals surface area contributed by atoms with Gasteiger partial charge in [-0.1, -0.05) is 62.4 Å². The van der Waals surface area contributed by atoms with Gasteiger partial charge < -0.3 is 4.74 Å². The monoisotopic (exact) mass is 456 g/mol. The van der Waals surface area contributed by atoms with Crippen LogP contribution in [0, 0.1) is 45.3 Å². The van der Waals surface area contributed by atoms with E-state index in [1.165, 1.54) is 13.2 Å². The summed E-state index contributed by atoms with van der Waals surface area (Å²) in [7, 11) is 1.32. The molecule has 1 aromatic rings. The zero-order chi connectivity index (χ0) is 25.5. The van der Waals surface area contributed by atoms with Crippen LogP contribution < -0.4 is 10.4 Å². The molecule has 0 spiro atoms. The predicted molar refractivity (Wildman–Crippen MR) is 131 cm³/mol. The Bertz CT molecular complexity index is 1560. The van der Waals surface area contributed by atoms with E-state index in [0.29, 0.717) is 32.7 Å². The van der Waals surface area contributed by atoms with Crippen molar-refractivity contribution in [1.82, 2.24) is 0 Å². The van der Waals surface area contributed by atoms with Crippen LogP contribution in [0.15, 0.2) is 66.2 Å². The van der Waals surface area contributed by atoms with Crippen LogP contribution in [0.2, 0.25) is 0 Å². The number of carbonyl (C=O) groups is 1. The molecule has 0 bridgehead atoms. The van der Waals surface area contributed by atoms with Crippen molar-refractivity contribution in [3.05, 3.63) is 93.4 Å². The maximum Gasteiger partial charge on any atom is 0.338 e. The highest BCUT2D eigenvalue weighted by Crippen LogP contribution is 2.37. The molecular weight excluding hydrogens is 436 g/mol. The standard InChI is InChI=1S/C29H20N4O2/c1-18(2)22-5-4-6-24-26(12-22)28(29(34)35-3)13-27(24)25(11-19(14-30)15-31)21-9-7-20(8-10-21)23(16-32)17-33/h4-13,18H,1-3H3. The molecule has 0 fully saturated rings. The Morgan fingerprint density at radius 3 is 2.00 bits per heavy atom. The fourth-order valence-corrected chi connectivity index (χ4v) is 3.78. The Balaban J connectivity index is 2.47. The summed E-state index contributed by atoms with van der Waals surface area (Å²) in [5, 5.41) is 38.3. The number of nitrogens with zero attached hydrogens (tertiary/aromatic N) is 4. The Kier molecular flexibility index (Phi) is 7.43. The Morgan fingerprint density at radius 2 is 1.46 bits per heavy atom. The van der Waals surface area contributed by atoms with Crippen molar-refractivity contribution >= 4 is 17.1 Å². The van der Waals surface area contributed by atoms with Crippen LogP contribution in [0.25, 0.3) is 22.3 Å². The number of fused-ring (bicyclic) bond motifs is 1. The summed E-state index contributed by atoms with van der Waals surface area (Å²) in [6.07, 6.45) is 1.47. The first kappa shape index (κ1) is 24.5. The minimum absolute atomic E-state index is 0.0247. The average molecular weight is 457 g/mol. The molecular formula is C29H20N4O2. The number of benzene rings is 1. The fraction of sp³-hybridized carbons (Fsp3) is 0.138. The second-order valence-corrected chi connectivity index (χ2v) is 7.99. The van der Waals surface area contributed by atoms with Gasteiger partial charge in [-0.2, -0.15) is 21.0 Å². The van der Waals surface area contributed by atoms with E-state index in [1.807, 2.05) is 48.5 Å². The summed E-state index contributed by atoms with van der Waals surface area (Å²) in [4.78, 5) is 12.7. The normalized spacial score (nSPS) is 9.83. The zero-order valence-electron chi connectivity index (χ0n) is 19.5. The summed E-state index contributed by atoms with van der Waals surface area (Å²) in [6.45, 7) is 4.12. The van der Waals surface area contributed by atoms with Crippen molar-refractivity contribution in [3.8, 4) is 35.4 Å². The van der Waals surface area contributed by atoms with Gasteiger partial charge in [-0.3, -0.25) is 0 Å². The van der Waals surface area contributed by atoms with E-state index in [1.54, 1.807) is 30.3 Å². The number of allylic oxidation sites excluding steroid dienone is 2. The third-order valence-corrected chi connectivity index (χ3v) is 5.62. The summed E-state index contributed by atoms with van der Waals surface area (Å²) < 4.78 is 5.03. The van der Waals surface area contributed by atoms with Gasteiger partial charge in [0.1, 0.15) is 35.4 Å². The average Bonchev–Trinajstić information content (AvgIpc) is 3.07. The molecule has 35 heavy (non-hydrogen) atoms. The van der Waals surface area contributed by atoms with Crippen LogP contribution in [-0.4, -0.2) is 13.1 Å². The molecule has 168 valence electrons. The van der Waals surface area contributed by atoms with E-state index in [2.05, 4.69) is 13.8 Å². The Labute approximate surface area is 203 Å². The minimum Gasteiger partial charge on any atom is -0.465 e. The lowest BCUT2D eigenvalue weighted by Crippen LogP contribution is -2.12. The van der Waals surface area contributed by atoms with Crippen LogP contribution in [0.1, 0.15) is 41.3 Å². The second kappa shape index (κ2) is 10.6. The number of esters is 1. The third kappa shape index (κ3) is 4.94. The zero-order valence-corrected chi connectivity index (χ0v) is 19.5. The molecule has 0 saturated carbocycles. The van der Waals surface area contributed by atoms with Gasteiger partial charge in [-0.25, -0.2) is 4.79 Å². The Hall–Kier alpha value is -5.17. The van der Waals surface area contributed by atoms with E-state index < -0.39 is 5.97 Å². The van der Waals surface area contributed by atoms with Gasteiger partial charge in [0.25, 0.3) is 0 Å². The van der Waals surface area contributed by atoms with Crippen LogP contribution in [0.5, 0.6) is 0 Å². The molecule has 3 rings (SSSR count). The molecule has 0 saturated heterocycles. The number of rotatable bonds is 4. The number of methoxy groups -OCH3 is 1. The van der Waals surface area contributed by atoms with Crippen molar-refractivity contribution < 1.29 is 9.53 Å². The number of ether oxygens (including phenoxy) is 1. The molecule has 2 aliphatic carbocycles. The summed E-state index contributed by atoms with van der Waals surface area (Å²) in [5.74, 6) is -0.274. The van der Waals surface area contributed by atoms with Gasteiger partial charge >= 0.3 is 5.97 Å². The smallest absolute Gasteiger partial charge is 0.338 e. The number of carbonyl (C=O) groups excluding carboxylic acids is 1. The molecule has 0 amide bonds. The molecule has 0 N–H and O–H groups in total.